The number of carbonyl (C=O) groups is 2. The summed E-state index contributed by atoms with van der Waals surface area (Å²) in [7, 11) is 0. The quantitative estimate of drug-likeness (QED) is 0.881. The number of halogens is 1. The Hall–Kier alpha value is -2.79. The van der Waals surface area contributed by atoms with Gasteiger partial charge in [0.25, 0.3) is 5.91 Å². The van der Waals surface area contributed by atoms with E-state index in [1.54, 1.807) is 30.3 Å². The Labute approximate surface area is 143 Å². The smallest absolute Gasteiger partial charge is 0.251 e. The molecular formula is C18H13ClN2O3. The number of hydrogen-bond donors (Lipinski definition) is 2. The van der Waals surface area contributed by atoms with Crippen LogP contribution in [0.4, 0.5) is 11.4 Å². The van der Waals surface area contributed by atoms with Crippen molar-refractivity contribution in [1.29, 1.82) is 0 Å². The lowest BCUT2D eigenvalue weighted by molar-refractivity contribution is -0.127. The van der Waals surface area contributed by atoms with Crippen LogP contribution in [-0.2, 0) is 14.3 Å². The first-order chi connectivity index (χ1) is 11.6. The van der Waals surface area contributed by atoms with E-state index in [2.05, 4.69) is 10.6 Å². The Morgan fingerprint density at radius 2 is 1.67 bits per heavy atom. The van der Waals surface area contributed by atoms with E-state index < -0.39 is 12.1 Å². The van der Waals surface area contributed by atoms with Gasteiger partial charge in [-0.25, -0.2) is 0 Å². The minimum atomic E-state index is -0.899. The minimum Gasteiger partial charge on any atom is -0.479 e. The zero-order valence-corrected chi connectivity index (χ0v) is 13.2. The third kappa shape index (κ3) is 2.53. The van der Waals surface area contributed by atoms with Gasteiger partial charge in [0.1, 0.15) is 5.76 Å². The zero-order chi connectivity index (χ0) is 16.7. The maximum atomic E-state index is 12.3. The van der Waals surface area contributed by atoms with Crippen LogP contribution in [0.2, 0.25) is 5.02 Å². The summed E-state index contributed by atoms with van der Waals surface area (Å²) in [5, 5.41) is 6.49. The summed E-state index contributed by atoms with van der Waals surface area (Å²) in [5.74, 6) is -0.0973. The largest absolute Gasteiger partial charge is 0.479 e. The molecule has 0 spiro atoms. The Morgan fingerprint density at radius 1 is 0.958 bits per heavy atom. The molecule has 0 bridgehead atoms. The van der Waals surface area contributed by atoms with Crippen LogP contribution in [0.5, 0.6) is 0 Å². The molecule has 0 fully saturated rings. The molecule has 1 amide bonds. The number of para-hydroxylation sites is 2. The van der Waals surface area contributed by atoms with Crippen LogP contribution in [0.15, 0.2) is 54.6 Å². The molecule has 2 unspecified atom stereocenters. The molecule has 2 N–H and O–H groups in total. The van der Waals surface area contributed by atoms with Gasteiger partial charge in [0.05, 0.1) is 11.4 Å². The summed E-state index contributed by atoms with van der Waals surface area (Å²) in [6.45, 7) is 0. The molecule has 120 valence electrons. The van der Waals surface area contributed by atoms with E-state index in [1.807, 2.05) is 18.2 Å². The molecule has 6 heteroatoms. The lowest BCUT2D eigenvalue weighted by Crippen LogP contribution is -2.49. The first kappa shape index (κ1) is 14.8. The zero-order valence-electron chi connectivity index (χ0n) is 12.5. The predicted molar refractivity (Wildman–Crippen MR) is 91.8 cm³/mol. The fourth-order valence-electron chi connectivity index (χ4n) is 2.81. The molecule has 2 aromatic rings. The SMILES string of the molecule is O=C1Nc2ccccc2NC1C1OC(c2ccc(Cl)cc2)=CC1=O. The molecule has 24 heavy (non-hydrogen) atoms. The number of carbonyl (C=O) groups excluding carboxylic acids is 2. The lowest BCUT2D eigenvalue weighted by atomic mass is 10.0. The third-order valence-corrected chi connectivity index (χ3v) is 4.27. The highest BCUT2D eigenvalue weighted by atomic mass is 35.5. The molecule has 0 saturated carbocycles. The average molecular weight is 341 g/mol. The summed E-state index contributed by atoms with van der Waals surface area (Å²) in [6, 6.07) is 13.5. The number of fused-ring (bicyclic) bond motifs is 1. The molecule has 2 aromatic carbocycles. The molecule has 0 aliphatic carbocycles. The average Bonchev–Trinajstić information content (AvgIpc) is 2.96. The predicted octanol–water partition coefficient (Wildman–Crippen LogP) is 3.08. The van der Waals surface area contributed by atoms with Crippen LogP contribution in [0.3, 0.4) is 0 Å². The maximum absolute atomic E-state index is 12.3. The van der Waals surface area contributed by atoms with Crippen molar-refractivity contribution in [3.8, 4) is 0 Å². The van der Waals surface area contributed by atoms with Crippen LogP contribution >= 0.6 is 11.6 Å². The molecular weight excluding hydrogens is 328 g/mol. The molecule has 2 heterocycles. The number of amides is 1. The molecule has 2 aliphatic rings. The molecule has 0 aromatic heterocycles. The van der Waals surface area contributed by atoms with Crippen LogP contribution in [0.1, 0.15) is 5.56 Å². The van der Waals surface area contributed by atoms with E-state index in [-0.39, 0.29) is 11.7 Å². The highest BCUT2D eigenvalue weighted by Gasteiger charge is 2.41. The summed E-state index contributed by atoms with van der Waals surface area (Å²) in [6.07, 6.45) is 0.521. The normalized spacial score (nSPS) is 22.1. The monoisotopic (exact) mass is 340 g/mol. The van der Waals surface area contributed by atoms with Crippen molar-refractivity contribution in [1.82, 2.24) is 0 Å². The number of nitrogens with one attached hydrogen (secondary N) is 2. The Balaban J connectivity index is 1.57. The van der Waals surface area contributed by atoms with Crippen LogP contribution in [-0.4, -0.2) is 23.8 Å². The van der Waals surface area contributed by atoms with E-state index in [0.29, 0.717) is 16.5 Å². The molecule has 0 radical (unpaired) electrons. The van der Waals surface area contributed by atoms with Crippen LogP contribution in [0.25, 0.3) is 5.76 Å². The van der Waals surface area contributed by atoms with E-state index >= 15 is 0 Å². The van der Waals surface area contributed by atoms with Crippen molar-refractivity contribution < 1.29 is 14.3 Å². The first-order valence-corrected chi connectivity index (χ1v) is 7.84. The summed E-state index contributed by atoms with van der Waals surface area (Å²) in [4.78, 5) is 24.7. The summed E-state index contributed by atoms with van der Waals surface area (Å²) < 4.78 is 5.77. The molecule has 2 atom stereocenters. The van der Waals surface area contributed by atoms with Crippen molar-refractivity contribution in [2.75, 3.05) is 10.6 Å². The summed E-state index contributed by atoms with van der Waals surface area (Å²) >= 11 is 5.87. The molecule has 5 nitrogen and oxygen atoms in total. The van der Waals surface area contributed by atoms with Gasteiger partial charge in [-0.05, 0) is 36.4 Å². The second-order valence-electron chi connectivity index (χ2n) is 5.61. The fourth-order valence-corrected chi connectivity index (χ4v) is 2.94. The van der Waals surface area contributed by atoms with Crippen molar-refractivity contribution >= 4 is 40.4 Å². The van der Waals surface area contributed by atoms with E-state index in [9.17, 15) is 9.59 Å². The second kappa shape index (κ2) is 5.69. The Bertz CT molecular complexity index is 861. The number of benzene rings is 2. The third-order valence-electron chi connectivity index (χ3n) is 4.02. The van der Waals surface area contributed by atoms with Crippen molar-refractivity contribution in [2.24, 2.45) is 0 Å². The van der Waals surface area contributed by atoms with Gasteiger partial charge in [-0.15, -0.1) is 0 Å². The molecule has 4 rings (SSSR count). The van der Waals surface area contributed by atoms with E-state index in [0.717, 1.165) is 11.3 Å². The first-order valence-electron chi connectivity index (χ1n) is 7.46. The Morgan fingerprint density at radius 3 is 2.42 bits per heavy atom. The highest BCUT2D eigenvalue weighted by Crippen LogP contribution is 2.32. The fraction of sp³-hybridized carbons (Fsp3) is 0.111. The van der Waals surface area contributed by atoms with Gasteiger partial charge in [0.2, 0.25) is 5.78 Å². The van der Waals surface area contributed by atoms with E-state index in [4.69, 9.17) is 16.3 Å². The van der Waals surface area contributed by atoms with Crippen molar-refractivity contribution in [3.63, 3.8) is 0 Å². The number of rotatable bonds is 2. The summed E-state index contributed by atoms with van der Waals surface area (Å²) in [5.41, 5.74) is 2.19. The lowest BCUT2D eigenvalue weighted by Gasteiger charge is -2.29. The number of ketones is 1. The second-order valence-corrected chi connectivity index (χ2v) is 6.05. The van der Waals surface area contributed by atoms with Crippen LogP contribution in [0, 0.1) is 0 Å². The van der Waals surface area contributed by atoms with Crippen molar-refractivity contribution in [2.45, 2.75) is 12.1 Å². The number of ether oxygens (including phenoxy) is 1. The van der Waals surface area contributed by atoms with E-state index in [1.165, 1.54) is 6.08 Å². The van der Waals surface area contributed by atoms with Gasteiger partial charge >= 0.3 is 0 Å². The van der Waals surface area contributed by atoms with Gasteiger partial charge in [-0.1, -0.05) is 23.7 Å². The van der Waals surface area contributed by atoms with Gasteiger partial charge < -0.3 is 15.4 Å². The maximum Gasteiger partial charge on any atom is 0.251 e. The highest BCUT2D eigenvalue weighted by molar-refractivity contribution is 6.30. The van der Waals surface area contributed by atoms with Gasteiger partial charge in [-0.2, -0.15) is 0 Å². The molecule has 2 aliphatic heterocycles. The molecule has 0 saturated heterocycles. The topological polar surface area (TPSA) is 67.4 Å². The van der Waals surface area contributed by atoms with Gasteiger partial charge in [0, 0.05) is 16.7 Å². The number of anilines is 2. The standard InChI is InChI=1S/C18H13ClN2O3/c19-11-7-5-10(6-8-11)15-9-14(22)17(24-15)16-18(23)21-13-4-2-1-3-12(13)20-16/h1-9,16-17,20H,(H,21,23). The van der Waals surface area contributed by atoms with Crippen molar-refractivity contribution in [3.05, 3.63) is 65.2 Å². The minimum absolute atomic E-state index is 0.244. The van der Waals surface area contributed by atoms with Crippen LogP contribution < -0.4 is 10.6 Å². The number of hydrogen-bond acceptors (Lipinski definition) is 4. The van der Waals surface area contributed by atoms with Gasteiger partial charge in [-0.3, -0.25) is 9.59 Å². The van der Waals surface area contributed by atoms with Gasteiger partial charge in [0.15, 0.2) is 12.1 Å². The Kier molecular flexibility index (Phi) is 3.50.